The van der Waals surface area contributed by atoms with Crippen molar-refractivity contribution < 1.29 is 33.9 Å². The van der Waals surface area contributed by atoms with Crippen molar-refractivity contribution in [3.05, 3.63) is 72.8 Å². The molecule has 0 bridgehead atoms. The Kier molecular flexibility index (Phi) is 7.01. The minimum Gasteiger partial charge on any atom is -1.00 e. The van der Waals surface area contributed by atoms with Crippen molar-refractivity contribution in [1.82, 2.24) is 19.1 Å². The molecule has 0 aliphatic heterocycles. The highest BCUT2D eigenvalue weighted by atomic mass is 35.5. The largest absolute Gasteiger partial charge is 1.00 e. The summed E-state index contributed by atoms with van der Waals surface area (Å²) in [5.41, 5.74) is 0.904. The summed E-state index contributed by atoms with van der Waals surface area (Å²) in [6.07, 6.45) is 11.5. The summed E-state index contributed by atoms with van der Waals surface area (Å²) >= 11 is 6.64. The Labute approximate surface area is 180 Å². The van der Waals surface area contributed by atoms with Crippen LogP contribution in [0.25, 0.3) is 11.8 Å². The van der Waals surface area contributed by atoms with E-state index < -0.39 is 0 Å². The van der Waals surface area contributed by atoms with Gasteiger partial charge in [0.05, 0.1) is 14.1 Å². The van der Waals surface area contributed by atoms with Crippen molar-refractivity contribution in [3.63, 3.8) is 0 Å². The number of aryl methyl sites for hydroxylation is 2. The molecule has 10 heteroatoms. The van der Waals surface area contributed by atoms with Gasteiger partial charge in [0.25, 0.3) is 12.1 Å². The highest BCUT2D eigenvalue weighted by Gasteiger charge is 2.22. The third-order valence-electron chi connectivity index (χ3n) is 3.87. The lowest BCUT2D eigenvalue weighted by molar-refractivity contribution is -0.670. The van der Waals surface area contributed by atoms with Gasteiger partial charge in [-0.2, -0.15) is 14.1 Å². The summed E-state index contributed by atoms with van der Waals surface area (Å²) in [5.74, 6) is 1.68. The van der Waals surface area contributed by atoms with Gasteiger partial charge in [-0.05, 0) is 12.1 Å². The van der Waals surface area contributed by atoms with Crippen LogP contribution in [0.4, 0.5) is 11.5 Å². The number of hydrogen-bond donors (Lipinski definition) is 1. The highest BCUT2D eigenvalue weighted by Crippen LogP contribution is 2.29. The molecule has 1 N–H and O–H groups in total. The van der Waals surface area contributed by atoms with Crippen LogP contribution in [-0.2, 0) is 14.1 Å². The Bertz CT molecular complexity index is 1060. The molecule has 0 aliphatic rings. The number of aromatic nitrogens is 6. The molecule has 0 radical (unpaired) electrons. The predicted molar refractivity (Wildman–Crippen MR) is 97.8 cm³/mol. The monoisotopic (exact) mass is 437 g/mol. The summed E-state index contributed by atoms with van der Waals surface area (Å²) < 4.78 is 7.57. The van der Waals surface area contributed by atoms with E-state index in [0.717, 1.165) is 5.69 Å². The van der Waals surface area contributed by atoms with Crippen LogP contribution in [-0.4, -0.2) is 19.1 Å². The SMILES string of the molecule is C[n+]1ccn(-c2nc(Nc3ccccc3)c(Cl)c(-n3cc[n+](C)c3)n2)c1.[Cl-].[Cl-]. The average Bonchev–Trinajstić information content (AvgIpc) is 3.26. The number of anilines is 2. The van der Waals surface area contributed by atoms with Gasteiger partial charge in [-0.15, -0.1) is 4.98 Å². The first-order valence-corrected chi connectivity index (χ1v) is 8.45. The number of halogens is 3. The van der Waals surface area contributed by atoms with Gasteiger partial charge in [0.1, 0.15) is 24.8 Å². The molecule has 0 fully saturated rings. The van der Waals surface area contributed by atoms with Gasteiger partial charge < -0.3 is 30.1 Å². The lowest BCUT2D eigenvalue weighted by Gasteiger charge is -2.09. The maximum Gasteiger partial charge on any atom is 0.331 e. The molecule has 3 aromatic heterocycles. The van der Waals surface area contributed by atoms with Crippen LogP contribution in [0, 0.1) is 0 Å². The molecule has 0 saturated carbocycles. The Hall–Kier alpha value is -2.61. The van der Waals surface area contributed by atoms with Gasteiger partial charge in [-0.25, -0.2) is 9.13 Å². The molecule has 0 aliphatic carbocycles. The van der Waals surface area contributed by atoms with Gasteiger partial charge in [0.15, 0.2) is 10.8 Å². The number of nitrogens with zero attached hydrogens (tertiary/aromatic N) is 6. The zero-order valence-electron chi connectivity index (χ0n) is 15.2. The topological polar surface area (TPSA) is 55.4 Å². The fraction of sp³-hybridized carbons (Fsp3) is 0.111. The average molecular weight is 439 g/mol. The normalized spacial score (nSPS) is 10.1. The van der Waals surface area contributed by atoms with E-state index in [1.807, 2.05) is 100 Å². The fourth-order valence-electron chi connectivity index (χ4n) is 2.60. The first kappa shape index (κ1) is 21.7. The Morgan fingerprint density at radius 2 is 1.50 bits per heavy atom. The van der Waals surface area contributed by atoms with Crippen LogP contribution >= 0.6 is 11.6 Å². The van der Waals surface area contributed by atoms with Gasteiger partial charge >= 0.3 is 5.95 Å². The van der Waals surface area contributed by atoms with E-state index in [2.05, 4.69) is 15.3 Å². The molecule has 0 unspecified atom stereocenters. The van der Waals surface area contributed by atoms with Crippen molar-refractivity contribution in [1.29, 1.82) is 0 Å². The Balaban J connectivity index is 0.00000140. The molecule has 28 heavy (non-hydrogen) atoms. The van der Waals surface area contributed by atoms with Gasteiger partial charge in [0, 0.05) is 5.69 Å². The van der Waals surface area contributed by atoms with E-state index in [-0.39, 0.29) is 24.8 Å². The number of imidazole rings is 2. The lowest BCUT2D eigenvalue weighted by atomic mass is 10.3. The van der Waals surface area contributed by atoms with Gasteiger partial charge in [-0.3, -0.25) is 0 Å². The van der Waals surface area contributed by atoms with E-state index in [1.165, 1.54) is 0 Å². The zero-order valence-corrected chi connectivity index (χ0v) is 17.4. The fourth-order valence-corrected chi connectivity index (χ4v) is 2.82. The van der Waals surface area contributed by atoms with E-state index in [9.17, 15) is 0 Å². The summed E-state index contributed by atoms with van der Waals surface area (Å²) in [6.45, 7) is 0. The summed E-state index contributed by atoms with van der Waals surface area (Å²) in [7, 11) is 3.89. The second kappa shape index (κ2) is 9.05. The lowest BCUT2D eigenvalue weighted by Crippen LogP contribution is -3.00. The number of nitrogens with one attached hydrogen (secondary N) is 1. The quantitative estimate of drug-likeness (QED) is 0.332. The van der Waals surface area contributed by atoms with Crippen molar-refractivity contribution in [2.45, 2.75) is 0 Å². The van der Waals surface area contributed by atoms with Gasteiger partial charge in [-0.1, -0.05) is 29.8 Å². The molecule has 7 nitrogen and oxygen atoms in total. The van der Waals surface area contributed by atoms with Crippen molar-refractivity contribution in [2.24, 2.45) is 14.1 Å². The summed E-state index contributed by atoms with van der Waals surface area (Å²) in [6, 6.07) is 9.80. The van der Waals surface area contributed by atoms with E-state index in [4.69, 9.17) is 11.6 Å². The van der Waals surface area contributed by atoms with Crippen molar-refractivity contribution in [3.8, 4) is 11.8 Å². The van der Waals surface area contributed by atoms with Crippen LogP contribution in [0.2, 0.25) is 5.02 Å². The van der Waals surface area contributed by atoms with E-state index in [1.54, 1.807) is 0 Å². The number of benzene rings is 1. The van der Waals surface area contributed by atoms with Crippen LogP contribution in [0.5, 0.6) is 0 Å². The number of para-hydroxylation sites is 1. The number of hydrogen-bond acceptors (Lipinski definition) is 3. The summed E-state index contributed by atoms with van der Waals surface area (Å²) in [5, 5.41) is 3.73. The maximum absolute atomic E-state index is 6.64. The molecule has 0 saturated heterocycles. The third kappa shape index (κ3) is 4.44. The van der Waals surface area contributed by atoms with Crippen molar-refractivity contribution >= 4 is 23.1 Å². The maximum atomic E-state index is 6.64. The molecule has 0 amide bonds. The first-order chi connectivity index (χ1) is 12.6. The van der Waals surface area contributed by atoms with Crippen LogP contribution in [0.3, 0.4) is 0 Å². The van der Waals surface area contributed by atoms with Crippen LogP contribution in [0.15, 0.2) is 67.8 Å². The Morgan fingerprint density at radius 1 is 0.893 bits per heavy atom. The molecule has 0 spiro atoms. The smallest absolute Gasteiger partial charge is 0.331 e. The standard InChI is InChI=1S/C18H18ClN7.2ClH/c1-23-8-10-25(12-23)17-15(19)16(20-14-6-4-3-5-7-14)21-18(22-17)26-11-9-24(2)13-26;;/h3-13H,1-2H3,(H,20,21,22);2*1H/q+2;;/p-2. The van der Waals surface area contributed by atoms with Gasteiger partial charge in [0.2, 0.25) is 6.33 Å². The molecule has 4 aromatic rings. The molecule has 3 heterocycles. The molecule has 0 atom stereocenters. The molecule has 146 valence electrons. The Morgan fingerprint density at radius 3 is 2.07 bits per heavy atom. The zero-order chi connectivity index (χ0) is 18.1. The van der Waals surface area contributed by atoms with E-state index >= 15 is 0 Å². The molecular weight excluding hydrogens is 421 g/mol. The van der Waals surface area contributed by atoms with E-state index in [0.29, 0.717) is 22.6 Å². The second-order valence-corrected chi connectivity index (χ2v) is 6.35. The third-order valence-corrected chi connectivity index (χ3v) is 4.22. The molecule has 4 rings (SSSR count). The minimum absolute atomic E-state index is 0. The first-order valence-electron chi connectivity index (χ1n) is 8.07. The van der Waals surface area contributed by atoms with Crippen LogP contribution < -0.4 is 39.3 Å². The van der Waals surface area contributed by atoms with Crippen molar-refractivity contribution in [2.75, 3.05) is 5.32 Å². The highest BCUT2D eigenvalue weighted by molar-refractivity contribution is 6.34. The van der Waals surface area contributed by atoms with Crippen LogP contribution in [0.1, 0.15) is 0 Å². The number of rotatable bonds is 4. The second-order valence-electron chi connectivity index (χ2n) is 5.97. The molecule has 1 aromatic carbocycles. The minimum atomic E-state index is 0. The predicted octanol–water partition coefficient (Wildman–Crippen LogP) is -3.89. The molecular formula is C18H18Cl3N7. The summed E-state index contributed by atoms with van der Waals surface area (Å²) in [4.78, 5) is 9.28.